The molecule has 10 heteroatoms. The number of hydrogen-bond donors (Lipinski definition) is 0. The second kappa shape index (κ2) is 12.1. The van der Waals surface area contributed by atoms with Crippen LogP contribution in [0.1, 0.15) is 45.4 Å². The maximum absolute atomic E-state index is 10.7. The van der Waals surface area contributed by atoms with E-state index >= 15 is 0 Å². The number of pyridine rings is 1. The van der Waals surface area contributed by atoms with Gasteiger partial charge in [0.1, 0.15) is 12.2 Å². The lowest BCUT2D eigenvalue weighted by molar-refractivity contribution is -0.696. The molecule has 0 saturated carbocycles. The van der Waals surface area contributed by atoms with Crippen LogP contribution in [0.5, 0.6) is 0 Å². The predicted molar refractivity (Wildman–Crippen MR) is 90.5 cm³/mol. The smallest absolute Gasteiger partial charge is 0.485 e. The van der Waals surface area contributed by atoms with Gasteiger partial charge in [-0.3, -0.25) is 0 Å². The second-order valence-corrected chi connectivity index (χ2v) is 6.72. The third-order valence-corrected chi connectivity index (χ3v) is 3.73. The molecule has 0 aliphatic rings. The van der Waals surface area contributed by atoms with Crippen LogP contribution in [0, 0.1) is 0 Å². The molecule has 0 fully saturated rings. The van der Waals surface area contributed by atoms with Crippen molar-refractivity contribution in [1.82, 2.24) is 0 Å². The van der Waals surface area contributed by atoms with Crippen LogP contribution in [0.25, 0.3) is 0 Å². The molecule has 5 nitrogen and oxygen atoms in total. The van der Waals surface area contributed by atoms with E-state index in [0.717, 1.165) is 12.2 Å². The molecular weight excluding hydrogens is 377 g/mol. The fourth-order valence-electron chi connectivity index (χ4n) is 1.84. The summed E-state index contributed by atoms with van der Waals surface area (Å²) in [6, 6.07) is 3.94. The van der Waals surface area contributed by atoms with Gasteiger partial charge in [-0.15, -0.1) is 0 Å². The molecule has 0 N–H and O–H groups in total. The first-order valence-corrected chi connectivity index (χ1v) is 9.52. The van der Waals surface area contributed by atoms with Crippen LogP contribution >= 0.6 is 12.2 Å². The Kier molecular flexibility index (Phi) is 11.4. The second-order valence-electron chi connectivity index (χ2n) is 5.17. The first-order valence-electron chi connectivity index (χ1n) is 7.71. The van der Waals surface area contributed by atoms with Gasteiger partial charge in [-0.2, -0.15) is 18.2 Å². The summed E-state index contributed by atoms with van der Waals surface area (Å²) in [7, 11) is -6.09. The summed E-state index contributed by atoms with van der Waals surface area (Å²) in [4.78, 5) is 3.98. The predicted octanol–water partition coefficient (Wildman–Crippen LogP) is 4.12. The molecule has 1 heterocycles. The number of aromatic nitrogens is 1. The minimum atomic E-state index is -6.09. The number of aryl methyl sites for hydroxylation is 1. The summed E-state index contributed by atoms with van der Waals surface area (Å²) >= 11 is 4.60. The SMILES string of the molecule is CCCCCCCC[n+]1cccc(N=C=S)c1.O=S(=O)([O-])C(F)(F)F. The molecule has 1 rings (SSSR count). The quantitative estimate of drug-likeness (QED) is 0.165. The van der Waals surface area contributed by atoms with Crippen molar-refractivity contribution in [1.29, 1.82) is 0 Å². The first-order chi connectivity index (χ1) is 11.6. The molecule has 0 bridgehead atoms. The Morgan fingerprint density at radius 1 is 1.24 bits per heavy atom. The zero-order valence-corrected chi connectivity index (χ0v) is 15.5. The van der Waals surface area contributed by atoms with Gasteiger partial charge in [0.25, 0.3) is 0 Å². The lowest BCUT2D eigenvalue weighted by Gasteiger charge is -2.08. The van der Waals surface area contributed by atoms with Gasteiger partial charge in [0.05, 0.1) is 5.16 Å². The van der Waals surface area contributed by atoms with Crippen molar-refractivity contribution >= 4 is 33.2 Å². The molecule has 0 saturated heterocycles. The molecule has 0 aliphatic carbocycles. The van der Waals surface area contributed by atoms with Crippen LogP contribution in [-0.4, -0.2) is 23.6 Å². The molecule has 0 atom stereocenters. The maximum atomic E-state index is 10.7. The average Bonchev–Trinajstić information content (AvgIpc) is 2.50. The summed E-state index contributed by atoms with van der Waals surface area (Å²) in [6.45, 7) is 3.31. The molecule has 25 heavy (non-hydrogen) atoms. The Morgan fingerprint density at radius 3 is 2.32 bits per heavy atom. The van der Waals surface area contributed by atoms with Crippen molar-refractivity contribution in [2.75, 3.05) is 0 Å². The molecular formula is C15H21F3N2O3S2. The zero-order valence-electron chi connectivity index (χ0n) is 13.8. The Hall–Kier alpha value is -1.35. The maximum Gasteiger partial charge on any atom is 0.485 e. The number of hydrogen-bond acceptors (Lipinski definition) is 5. The van der Waals surface area contributed by atoms with E-state index in [1.165, 1.54) is 38.5 Å². The number of thiocarbonyl (C=S) groups is 1. The van der Waals surface area contributed by atoms with E-state index in [4.69, 9.17) is 13.0 Å². The molecule has 1 aromatic heterocycles. The van der Waals surface area contributed by atoms with E-state index in [9.17, 15) is 13.2 Å². The lowest BCUT2D eigenvalue weighted by Crippen LogP contribution is -2.32. The number of isothiocyanates is 1. The number of aliphatic imine (C=N–C) groups is 1. The van der Waals surface area contributed by atoms with Crippen molar-refractivity contribution in [2.24, 2.45) is 4.99 Å². The van der Waals surface area contributed by atoms with Gasteiger partial charge < -0.3 is 4.55 Å². The van der Waals surface area contributed by atoms with E-state index in [0.29, 0.717) is 0 Å². The molecule has 0 spiro atoms. The van der Waals surface area contributed by atoms with Gasteiger partial charge in [-0.25, -0.2) is 13.0 Å². The largest absolute Gasteiger partial charge is 0.741 e. The Bertz CT molecular complexity index is 658. The van der Waals surface area contributed by atoms with E-state index in [1.54, 1.807) is 0 Å². The average molecular weight is 398 g/mol. The van der Waals surface area contributed by atoms with E-state index in [1.807, 2.05) is 18.3 Å². The summed E-state index contributed by atoms with van der Waals surface area (Å²) in [5.41, 5.74) is -4.76. The fraction of sp³-hybridized carbons (Fsp3) is 0.600. The molecule has 0 unspecified atom stereocenters. The van der Waals surface area contributed by atoms with Gasteiger partial charge in [0, 0.05) is 12.5 Å². The Morgan fingerprint density at radius 2 is 1.80 bits per heavy atom. The van der Waals surface area contributed by atoms with Crippen LogP contribution in [0.2, 0.25) is 0 Å². The van der Waals surface area contributed by atoms with Crippen molar-refractivity contribution in [3.05, 3.63) is 24.5 Å². The highest BCUT2D eigenvalue weighted by Crippen LogP contribution is 2.20. The number of alkyl halides is 3. The number of unbranched alkanes of at least 4 members (excludes halogenated alkanes) is 5. The third-order valence-electron chi connectivity index (χ3n) is 3.07. The Labute approximate surface area is 151 Å². The van der Waals surface area contributed by atoms with E-state index < -0.39 is 15.6 Å². The molecule has 142 valence electrons. The molecule has 0 aliphatic heterocycles. The monoisotopic (exact) mass is 398 g/mol. The van der Waals surface area contributed by atoms with Crippen LogP contribution < -0.4 is 4.57 Å². The van der Waals surface area contributed by atoms with Gasteiger partial charge in [-0.05, 0) is 24.7 Å². The summed E-state index contributed by atoms with van der Waals surface area (Å²) in [5.74, 6) is 0. The number of nitrogens with zero attached hydrogens (tertiary/aromatic N) is 2. The molecule has 0 radical (unpaired) electrons. The van der Waals surface area contributed by atoms with Gasteiger partial charge in [0.2, 0.25) is 0 Å². The standard InChI is InChI=1S/C14H21N2S.CHF3O3S/c1-2-3-4-5-6-7-10-16-11-8-9-14(12-16)15-13-17;2-1(3,4)8(5,6)7/h8-9,11-12H,2-7,10H2,1H3;(H,5,6,7)/q+1;/p-1. The van der Waals surface area contributed by atoms with E-state index in [-0.39, 0.29) is 0 Å². The first kappa shape index (κ1) is 23.6. The minimum Gasteiger partial charge on any atom is -0.741 e. The number of halogens is 3. The summed E-state index contributed by atoms with van der Waals surface area (Å²) in [6.07, 6.45) is 12.0. The third kappa shape index (κ3) is 11.8. The molecule has 1 aromatic rings. The molecule has 0 aromatic carbocycles. The van der Waals surface area contributed by atoms with Crippen molar-refractivity contribution < 1.29 is 30.7 Å². The minimum absolute atomic E-state index is 0.883. The highest BCUT2D eigenvalue weighted by atomic mass is 32.2. The van der Waals surface area contributed by atoms with Gasteiger partial charge in [-0.1, -0.05) is 32.6 Å². The van der Waals surface area contributed by atoms with Crippen molar-refractivity contribution in [2.45, 2.75) is 57.5 Å². The summed E-state index contributed by atoms with van der Waals surface area (Å²) < 4.78 is 61.1. The van der Waals surface area contributed by atoms with Crippen LogP contribution in [0.4, 0.5) is 18.9 Å². The lowest BCUT2D eigenvalue weighted by atomic mass is 10.1. The fourth-order valence-corrected chi connectivity index (χ4v) is 1.95. The van der Waals surface area contributed by atoms with Crippen LogP contribution in [0.3, 0.4) is 0 Å². The van der Waals surface area contributed by atoms with Crippen LogP contribution in [-0.2, 0) is 16.7 Å². The highest BCUT2D eigenvalue weighted by molar-refractivity contribution is 7.86. The topological polar surface area (TPSA) is 73.4 Å². The Balaban J connectivity index is 0.000000609. The van der Waals surface area contributed by atoms with Crippen molar-refractivity contribution in [3.8, 4) is 0 Å². The number of rotatable bonds is 8. The zero-order chi connectivity index (χ0) is 19.3. The van der Waals surface area contributed by atoms with Crippen LogP contribution in [0.15, 0.2) is 29.5 Å². The van der Waals surface area contributed by atoms with Gasteiger partial charge >= 0.3 is 5.51 Å². The highest BCUT2D eigenvalue weighted by Gasteiger charge is 2.36. The summed E-state index contributed by atoms with van der Waals surface area (Å²) in [5, 5.41) is 2.40. The van der Waals surface area contributed by atoms with Gasteiger partial charge in [0.15, 0.2) is 22.5 Å². The normalized spacial score (nSPS) is 11.2. The van der Waals surface area contributed by atoms with E-state index in [2.05, 4.69) is 40.1 Å². The van der Waals surface area contributed by atoms with Crippen molar-refractivity contribution in [3.63, 3.8) is 0 Å². The molecule has 0 amide bonds.